The minimum absolute atomic E-state index is 0.582. The molecule has 3 rings (SSSR count). The molecule has 0 spiro atoms. The lowest BCUT2D eigenvalue weighted by molar-refractivity contribution is -0.676. The van der Waals surface area contributed by atoms with Crippen molar-refractivity contribution >= 4 is 21.5 Å². The van der Waals surface area contributed by atoms with Crippen LogP contribution in [0.15, 0.2) is 48.6 Å². The second kappa shape index (κ2) is 3.31. The molecule has 0 saturated heterocycles. The number of rotatable bonds is 0. The van der Waals surface area contributed by atoms with Gasteiger partial charge in [-0.1, -0.05) is 36.4 Å². The summed E-state index contributed by atoms with van der Waals surface area (Å²) in [7, 11) is 1.99. The maximum atomic E-state index is 8.06. The standard InChI is InChI=1S/C15H14N/c1-11-15-13(9-10-16(11)2)8-7-12-5-3-4-6-14(12)15/h3-10H,1-2H3/q+1/i9T. The highest BCUT2D eigenvalue weighted by Gasteiger charge is 2.09. The molecule has 0 saturated carbocycles. The number of nitrogens with zero attached hydrogens (tertiary/aromatic N) is 1. The van der Waals surface area contributed by atoms with Crippen molar-refractivity contribution in [2.24, 2.45) is 7.05 Å². The molecule has 2 aromatic carbocycles. The maximum Gasteiger partial charge on any atom is 0.186 e. The molecule has 0 atom stereocenters. The molecule has 0 bridgehead atoms. The van der Waals surface area contributed by atoms with E-state index in [1.165, 1.54) is 21.9 Å². The first-order chi connectivity index (χ1) is 8.18. The van der Waals surface area contributed by atoms with Crippen LogP contribution in [0.1, 0.15) is 7.06 Å². The van der Waals surface area contributed by atoms with E-state index in [4.69, 9.17) is 1.37 Å². The molecule has 1 nitrogen and oxygen atoms in total. The van der Waals surface area contributed by atoms with E-state index in [2.05, 4.69) is 31.2 Å². The molecule has 0 aliphatic carbocycles. The number of aryl methyl sites for hydroxylation is 2. The molecule has 3 aromatic rings. The minimum Gasteiger partial charge on any atom is -0.205 e. The van der Waals surface area contributed by atoms with Crippen LogP contribution >= 0.6 is 0 Å². The Labute approximate surface area is 96.4 Å². The molecule has 0 radical (unpaired) electrons. The van der Waals surface area contributed by atoms with E-state index < -0.39 is 0 Å². The van der Waals surface area contributed by atoms with Crippen molar-refractivity contribution in [1.82, 2.24) is 0 Å². The van der Waals surface area contributed by atoms with Crippen molar-refractivity contribution in [3.63, 3.8) is 0 Å². The molecule has 0 unspecified atom stereocenters. The van der Waals surface area contributed by atoms with Gasteiger partial charge in [0.25, 0.3) is 0 Å². The zero-order chi connectivity index (χ0) is 12.0. The van der Waals surface area contributed by atoms with Crippen LogP contribution in [0.5, 0.6) is 0 Å². The van der Waals surface area contributed by atoms with Gasteiger partial charge in [0, 0.05) is 13.0 Å². The van der Waals surface area contributed by atoms with E-state index in [1.54, 1.807) is 0 Å². The lowest BCUT2D eigenvalue weighted by Crippen LogP contribution is -2.31. The predicted octanol–water partition coefficient (Wildman–Crippen LogP) is 3.13. The van der Waals surface area contributed by atoms with Gasteiger partial charge in [0.1, 0.15) is 7.05 Å². The Kier molecular flexibility index (Phi) is 1.71. The monoisotopic (exact) mass is 210 g/mol. The highest BCUT2D eigenvalue weighted by molar-refractivity contribution is 6.07. The molecule has 16 heavy (non-hydrogen) atoms. The van der Waals surface area contributed by atoms with Gasteiger partial charge in [-0.05, 0) is 16.2 Å². The molecule has 0 fully saturated rings. The number of aromatic nitrogens is 1. The molecule has 0 N–H and O–H groups in total. The summed E-state index contributed by atoms with van der Waals surface area (Å²) in [6.07, 6.45) is 1.87. The summed E-state index contributed by atoms with van der Waals surface area (Å²) in [5.74, 6) is 0. The topological polar surface area (TPSA) is 3.88 Å². The molecule has 0 aliphatic heterocycles. The zero-order valence-electron chi connectivity index (χ0n) is 10.5. The SMILES string of the molecule is [3H]c1c[n+](C)c(C)c2c1ccc1ccccc12. The molecule has 1 heterocycles. The van der Waals surface area contributed by atoms with Crippen molar-refractivity contribution in [3.05, 3.63) is 54.3 Å². The quantitative estimate of drug-likeness (QED) is 0.396. The molecule has 1 heteroatoms. The molecule has 0 aliphatic rings. The van der Waals surface area contributed by atoms with E-state index in [-0.39, 0.29) is 0 Å². The summed E-state index contributed by atoms with van der Waals surface area (Å²) < 4.78 is 10.1. The summed E-state index contributed by atoms with van der Waals surface area (Å²) >= 11 is 0. The fourth-order valence-corrected chi connectivity index (χ4v) is 2.22. The number of fused-ring (bicyclic) bond motifs is 3. The van der Waals surface area contributed by atoms with Crippen LogP contribution < -0.4 is 4.57 Å². The van der Waals surface area contributed by atoms with Gasteiger partial charge in [0.15, 0.2) is 11.9 Å². The molecular formula is C15H14N+. The first kappa shape index (κ1) is 8.28. The van der Waals surface area contributed by atoms with Crippen LogP contribution in [-0.2, 0) is 7.05 Å². The average Bonchev–Trinajstić information content (AvgIpc) is 2.35. The predicted molar refractivity (Wildman–Crippen MR) is 67.4 cm³/mol. The Morgan fingerprint density at radius 3 is 2.69 bits per heavy atom. The van der Waals surface area contributed by atoms with E-state index in [0.29, 0.717) is 6.04 Å². The fourth-order valence-electron chi connectivity index (χ4n) is 2.22. The van der Waals surface area contributed by atoms with Gasteiger partial charge in [-0.2, -0.15) is 0 Å². The first-order valence-electron chi connectivity index (χ1n) is 5.96. The van der Waals surface area contributed by atoms with E-state index in [9.17, 15) is 0 Å². The van der Waals surface area contributed by atoms with E-state index >= 15 is 0 Å². The second-order valence-corrected chi connectivity index (χ2v) is 4.18. The molecule has 1 aromatic heterocycles. The number of hydrogen-bond acceptors (Lipinski definition) is 0. The Morgan fingerprint density at radius 1 is 1.06 bits per heavy atom. The first-order valence-corrected chi connectivity index (χ1v) is 5.46. The Balaban J connectivity index is 2.65. The lowest BCUT2D eigenvalue weighted by atomic mass is 10.0. The number of hydrogen-bond donors (Lipinski definition) is 0. The lowest BCUT2D eigenvalue weighted by Gasteiger charge is -2.04. The Bertz CT molecular complexity index is 732. The van der Waals surface area contributed by atoms with Crippen LogP contribution in [0.2, 0.25) is 0 Å². The van der Waals surface area contributed by atoms with Gasteiger partial charge >= 0.3 is 0 Å². The van der Waals surface area contributed by atoms with Gasteiger partial charge in [-0.25, -0.2) is 4.57 Å². The van der Waals surface area contributed by atoms with Crippen LogP contribution in [0.25, 0.3) is 21.5 Å². The van der Waals surface area contributed by atoms with Gasteiger partial charge in [-0.15, -0.1) is 0 Å². The summed E-state index contributed by atoms with van der Waals surface area (Å²) in [5.41, 5.74) is 1.20. The van der Waals surface area contributed by atoms with Gasteiger partial charge in [0.05, 0.1) is 6.76 Å². The third-order valence-electron chi connectivity index (χ3n) is 3.23. The van der Waals surface area contributed by atoms with Crippen LogP contribution in [0.3, 0.4) is 0 Å². The smallest absolute Gasteiger partial charge is 0.186 e. The largest absolute Gasteiger partial charge is 0.205 e. The van der Waals surface area contributed by atoms with Crippen molar-refractivity contribution in [3.8, 4) is 0 Å². The van der Waals surface area contributed by atoms with Gasteiger partial charge < -0.3 is 0 Å². The highest BCUT2D eigenvalue weighted by Crippen LogP contribution is 2.25. The van der Waals surface area contributed by atoms with Crippen molar-refractivity contribution in [1.29, 1.82) is 0 Å². The summed E-state index contributed by atoms with van der Waals surface area (Å²) in [5, 5.41) is 4.68. The summed E-state index contributed by atoms with van der Waals surface area (Å²) in [6, 6.07) is 13.1. The number of pyridine rings is 1. The van der Waals surface area contributed by atoms with Gasteiger partial charge in [0.2, 0.25) is 0 Å². The third-order valence-corrected chi connectivity index (χ3v) is 3.23. The van der Waals surface area contributed by atoms with Crippen LogP contribution in [0.4, 0.5) is 0 Å². The second-order valence-electron chi connectivity index (χ2n) is 4.18. The van der Waals surface area contributed by atoms with Crippen molar-refractivity contribution in [2.75, 3.05) is 0 Å². The molecular weight excluding hydrogens is 194 g/mol. The maximum absolute atomic E-state index is 8.06. The Morgan fingerprint density at radius 2 is 1.81 bits per heavy atom. The normalized spacial score (nSPS) is 12.0. The van der Waals surface area contributed by atoms with Gasteiger partial charge in [-0.3, -0.25) is 0 Å². The van der Waals surface area contributed by atoms with Crippen LogP contribution in [0, 0.1) is 6.92 Å². The number of benzene rings is 2. The van der Waals surface area contributed by atoms with E-state index in [1.807, 2.05) is 29.9 Å². The highest BCUT2D eigenvalue weighted by atomic mass is 14.9. The Hall–Kier alpha value is -1.89. The van der Waals surface area contributed by atoms with Crippen molar-refractivity contribution < 1.29 is 5.94 Å². The summed E-state index contributed by atoms with van der Waals surface area (Å²) in [6.45, 7) is 2.11. The summed E-state index contributed by atoms with van der Waals surface area (Å²) in [4.78, 5) is 0. The molecule has 0 amide bonds. The van der Waals surface area contributed by atoms with Crippen LogP contribution in [-0.4, -0.2) is 0 Å². The fraction of sp³-hybridized carbons (Fsp3) is 0.133. The third kappa shape index (κ3) is 1.21. The zero-order valence-corrected chi connectivity index (χ0v) is 9.49. The average molecular weight is 210 g/mol. The minimum atomic E-state index is 0.582. The molecule has 78 valence electrons. The van der Waals surface area contributed by atoms with E-state index in [0.717, 1.165) is 5.39 Å². The van der Waals surface area contributed by atoms with Crippen molar-refractivity contribution in [2.45, 2.75) is 6.92 Å².